The monoisotopic (exact) mass is 502 g/mol. The van der Waals surface area contributed by atoms with Crippen molar-refractivity contribution in [3.8, 4) is 0 Å². The third kappa shape index (κ3) is 5.95. The van der Waals surface area contributed by atoms with E-state index in [0.29, 0.717) is 0 Å². The van der Waals surface area contributed by atoms with Crippen LogP contribution in [0.3, 0.4) is 0 Å². The van der Waals surface area contributed by atoms with Gasteiger partial charge in [-0.1, -0.05) is 117 Å². The molecule has 3 aromatic rings. The molecule has 0 aliphatic heterocycles. The molecule has 4 heteroatoms. The van der Waals surface area contributed by atoms with E-state index in [9.17, 15) is 0 Å². The largest absolute Gasteiger partial charge is 4.00 e. The van der Waals surface area contributed by atoms with Crippen LogP contribution in [-0.2, 0) is 27.1 Å². The van der Waals surface area contributed by atoms with E-state index in [4.69, 9.17) is 0 Å². The zero-order valence-corrected chi connectivity index (χ0v) is 21.3. The van der Waals surface area contributed by atoms with Crippen LogP contribution in [-0.4, -0.2) is 0 Å². The van der Waals surface area contributed by atoms with Gasteiger partial charge in [-0.2, -0.15) is 5.57 Å². The topological polar surface area (TPSA) is 0 Å². The van der Waals surface area contributed by atoms with Gasteiger partial charge in [0, 0.05) is 5.41 Å². The maximum atomic E-state index is 3.81. The first-order valence-corrected chi connectivity index (χ1v) is 9.84. The maximum absolute atomic E-state index is 3.81. The van der Waals surface area contributed by atoms with Gasteiger partial charge in [-0.25, -0.2) is 17.7 Å². The SMILES string of the molecule is CCCC1=CCC(C(c2ccccc2)(c2ccccc2)c2ccccc2)=[C-]1.[Cl-].[Cl-].[Cl-].[Ti+4]. The van der Waals surface area contributed by atoms with Gasteiger partial charge in [0.1, 0.15) is 0 Å². The second kappa shape index (κ2) is 14.0. The molecule has 0 spiro atoms. The van der Waals surface area contributed by atoms with Gasteiger partial charge >= 0.3 is 21.7 Å². The second-order valence-electron chi connectivity index (χ2n) is 7.14. The average Bonchev–Trinajstić information content (AvgIpc) is 3.20. The molecule has 4 rings (SSSR count). The standard InChI is InChI=1S/C27H25.3ClH.Ti/c1-2-12-22-19-20-26(21-22)27(23-13-6-3-7-14-23,24-15-8-4-9-16-24)25-17-10-5-11-18-25;;;;/h3-11,13-19H,2,12,20H2,1H3;3*1H;/q-1;;;;+4/p-3. The van der Waals surface area contributed by atoms with Crippen LogP contribution in [0, 0.1) is 6.08 Å². The molecule has 0 radical (unpaired) electrons. The average molecular weight is 504 g/mol. The fraction of sp³-hybridized carbons (Fsp3) is 0.185. The molecule has 31 heavy (non-hydrogen) atoms. The smallest absolute Gasteiger partial charge is 1.00 e. The normalized spacial score (nSPS) is 12.2. The van der Waals surface area contributed by atoms with Gasteiger partial charge in [0.2, 0.25) is 0 Å². The summed E-state index contributed by atoms with van der Waals surface area (Å²) in [5.41, 5.74) is 6.29. The Bertz CT molecular complexity index is 855. The minimum atomic E-state index is -0.310. The summed E-state index contributed by atoms with van der Waals surface area (Å²) < 4.78 is 0. The molecule has 1 aliphatic rings. The van der Waals surface area contributed by atoms with E-state index in [2.05, 4.69) is 110 Å². The molecule has 0 fully saturated rings. The van der Waals surface area contributed by atoms with E-state index in [1.165, 1.54) is 27.8 Å². The zero-order valence-electron chi connectivity index (χ0n) is 17.5. The Hall–Kier alpha value is -1.28. The molecule has 3 aromatic carbocycles. The van der Waals surface area contributed by atoms with E-state index in [-0.39, 0.29) is 64.4 Å². The van der Waals surface area contributed by atoms with Crippen molar-refractivity contribution in [2.75, 3.05) is 0 Å². The zero-order chi connectivity index (χ0) is 18.5. The molecule has 0 N–H and O–H groups in total. The van der Waals surface area contributed by atoms with Crippen molar-refractivity contribution in [2.24, 2.45) is 0 Å². The van der Waals surface area contributed by atoms with Crippen LogP contribution in [0.4, 0.5) is 0 Å². The van der Waals surface area contributed by atoms with E-state index in [1.807, 2.05) is 0 Å². The molecule has 0 nitrogen and oxygen atoms in total. The predicted octanol–water partition coefficient (Wildman–Crippen LogP) is -2.11. The summed E-state index contributed by atoms with van der Waals surface area (Å²) in [7, 11) is 0. The third-order valence-corrected chi connectivity index (χ3v) is 5.46. The molecular formula is C27H25Cl3Ti. The van der Waals surface area contributed by atoms with Crippen LogP contribution in [0.15, 0.2) is 108 Å². The summed E-state index contributed by atoms with van der Waals surface area (Å²) >= 11 is 0. The molecular weight excluding hydrogens is 479 g/mol. The maximum Gasteiger partial charge on any atom is 4.00 e. The van der Waals surface area contributed by atoms with Gasteiger partial charge < -0.3 is 37.2 Å². The molecule has 0 saturated heterocycles. The summed E-state index contributed by atoms with van der Waals surface area (Å²) in [6, 6.07) is 32.7. The third-order valence-electron chi connectivity index (χ3n) is 5.46. The predicted molar refractivity (Wildman–Crippen MR) is 114 cm³/mol. The molecule has 0 atom stereocenters. The molecule has 1 aliphatic carbocycles. The Kier molecular flexibility index (Phi) is 13.4. The van der Waals surface area contributed by atoms with Crippen LogP contribution in [0.25, 0.3) is 0 Å². The Balaban J connectivity index is 0.00000225. The van der Waals surface area contributed by atoms with Crippen LogP contribution >= 0.6 is 0 Å². The molecule has 0 unspecified atom stereocenters. The summed E-state index contributed by atoms with van der Waals surface area (Å²) in [4.78, 5) is 0. The summed E-state index contributed by atoms with van der Waals surface area (Å²) in [6.45, 7) is 2.24. The number of allylic oxidation sites excluding steroid dienone is 4. The van der Waals surface area contributed by atoms with Crippen molar-refractivity contribution in [1.82, 2.24) is 0 Å². The molecule has 0 saturated carbocycles. The van der Waals surface area contributed by atoms with E-state index < -0.39 is 0 Å². The fourth-order valence-electron chi connectivity index (χ4n) is 4.29. The van der Waals surface area contributed by atoms with Crippen molar-refractivity contribution in [1.29, 1.82) is 0 Å². The van der Waals surface area contributed by atoms with Crippen molar-refractivity contribution >= 4 is 0 Å². The van der Waals surface area contributed by atoms with Crippen LogP contribution < -0.4 is 37.2 Å². The number of rotatable bonds is 6. The fourth-order valence-corrected chi connectivity index (χ4v) is 4.29. The molecule has 0 bridgehead atoms. The van der Waals surface area contributed by atoms with Crippen LogP contribution in [0.1, 0.15) is 42.9 Å². The second-order valence-corrected chi connectivity index (χ2v) is 7.14. The Labute approximate surface area is 220 Å². The van der Waals surface area contributed by atoms with Gasteiger partial charge in [-0.15, -0.1) is 0 Å². The molecule has 0 aromatic heterocycles. The summed E-state index contributed by atoms with van der Waals surface area (Å²) in [5.74, 6) is 0. The molecule has 158 valence electrons. The quantitative estimate of drug-likeness (QED) is 0.205. The number of benzene rings is 3. The van der Waals surface area contributed by atoms with Crippen molar-refractivity contribution in [3.63, 3.8) is 0 Å². The minimum absolute atomic E-state index is 0. The van der Waals surface area contributed by atoms with Crippen molar-refractivity contribution in [3.05, 3.63) is 131 Å². The number of hydrogen-bond donors (Lipinski definition) is 0. The number of hydrogen-bond acceptors (Lipinski definition) is 0. The van der Waals surface area contributed by atoms with E-state index in [0.717, 1.165) is 19.3 Å². The Morgan fingerprint density at radius 2 is 1.06 bits per heavy atom. The first-order valence-electron chi connectivity index (χ1n) is 9.84. The van der Waals surface area contributed by atoms with E-state index in [1.54, 1.807) is 0 Å². The van der Waals surface area contributed by atoms with Crippen LogP contribution in [0.5, 0.6) is 0 Å². The van der Waals surface area contributed by atoms with Crippen molar-refractivity contribution in [2.45, 2.75) is 31.6 Å². The van der Waals surface area contributed by atoms with E-state index >= 15 is 0 Å². The number of halogens is 3. The molecule has 0 heterocycles. The first-order chi connectivity index (χ1) is 13.4. The van der Waals surface area contributed by atoms with Crippen LogP contribution in [0.2, 0.25) is 0 Å². The van der Waals surface area contributed by atoms with Gasteiger partial charge in [-0.3, -0.25) is 0 Å². The van der Waals surface area contributed by atoms with Gasteiger partial charge in [-0.05, 0) is 16.7 Å². The van der Waals surface area contributed by atoms with Gasteiger partial charge in [0.15, 0.2) is 0 Å². The Morgan fingerprint density at radius 3 is 1.42 bits per heavy atom. The Morgan fingerprint density at radius 1 is 0.677 bits per heavy atom. The summed E-state index contributed by atoms with van der Waals surface area (Å²) in [5, 5.41) is 0. The first kappa shape index (κ1) is 29.7. The minimum Gasteiger partial charge on any atom is -1.00 e. The summed E-state index contributed by atoms with van der Waals surface area (Å²) in [6.07, 6.45) is 9.37. The van der Waals surface area contributed by atoms with Crippen molar-refractivity contribution < 1.29 is 58.9 Å². The van der Waals surface area contributed by atoms with Gasteiger partial charge in [0.25, 0.3) is 0 Å². The molecule has 0 amide bonds. The van der Waals surface area contributed by atoms with Gasteiger partial charge in [0.05, 0.1) is 0 Å².